The van der Waals surface area contributed by atoms with Crippen molar-refractivity contribution in [3.8, 4) is 5.82 Å². The summed E-state index contributed by atoms with van der Waals surface area (Å²) in [6.45, 7) is 0. The Hall–Kier alpha value is -3.41. The molecule has 24 heavy (non-hydrogen) atoms. The van der Waals surface area contributed by atoms with Crippen LogP contribution in [-0.4, -0.2) is 38.1 Å². The number of hydrogen-bond donors (Lipinski definition) is 1. The monoisotopic (exact) mass is 347 g/mol. The van der Waals surface area contributed by atoms with Gasteiger partial charge in [0.25, 0.3) is 15.7 Å². The van der Waals surface area contributed by atoms with Crippen LogP contribution in [0.4, 0.5) is 11.5 Å². The molecular weight excluding hydrogens is 338 g/mol. The van der Waals surface area contributed by atoms with E-state index in [9.17, 15) is 18.5 Å². The lowest BCUT2D eigenvalue weighted by molar-refractivity contribution is -0.387. The van der Waals surface area contributed by atoms with Crippen LogP contribution in [0, 0.1) is 10.1 Å². The molecule has 0 saturated carbocycles. The summed E-state index contributed by atoms with van der Waals surface area (Å²) in [5.41, 5.74) is -0.532. The Morgan fingerprint density at radius 3 is 2.67 bits per heavy atom. The van der Waals surface area contributed by atoms with Crippen LogP contribution in [0.5, 0.6) is 0 Å². The van der Waals surface area contributed by atoms with Crippen LogP contribution in [0.3, 0.4) is 0 Å². The van der Waals surface area contributed by atoms with E-state index in [1.165, 1.54) is 35.5 Å². The maximum absolute atomic E-state index is 12.4. The van der Waals surface area contributed by atoms with Gasteiger partial charge in [-0.1, -0.05) is 12.1 Å². The zero-order valence-corrected chi connectivity index (χ0v) is 12.7. The number of aromatic nitrogens is 5. The first-order chi connectivity index (χ1) is 11.5. The maximum Gasteiger partial charge on any atom is 0.289 e. The lowest BCUT2D eigenvalue weighted by Crippen LogP contribution is -2.16. The van der Waals surface area contributed by atoms with E-state index in [0.717, 1.165) is 18.5 Å². The van der Waals surface area contributed by atoms with Crippen molar-refractivity contribution < 1.29 is 13.3 Å². The summed E-state index contributed by atoms with van der Waals surface area (Å²) in [7, 11) is -4.20. The second-order valence-electron chi connectivity index (χ2n) is 4.43. The molecule has 3 aromatic rings. The number of anilines is 1. The number of hydrogen-bond acceptors (Lipinski definition) is 8. The van der Waals surface area contributed by atoms with Crippen molar-refractivity contribution in [3.05, 3.63) is 59.4 Å². The van der Waals surface area contributed by atoms with Crippen molar-refractivity contribution >= 4 is 21.5 Å². The van der Waals surface area contributed by atoms with Crippen molar-refractivity contribution in [2.24, 2.45) is 0 Å². The molecule has 0 fully saturated rings. The first-order valence-electron chi connectivity index (χ1n) is 6.41. The fraction of sp³-hybridized carbons (Fsp3) is 0. The van der Waals surface area contributed by atoms with Crippen LogP contribution in [0.25, 0.3) is 5.82 Å². The summed E-state index contributed by atoms with van der Waals surface area (Å²) in [6.07, 6.45) is 3.80. The molecule has 11 nitrogen and oxygen atoms in total. The highest BCUT2D eigenvalue weighted by Gasteiger charge is 2.25. The highest BCUT2D eigenvalue weighted by atomic mass is 32.2. The molecule has 3 rings (SSSR count). The second kappa shape index (κ2) is 6.00. The predicted octanol–water partition coefficient (Wildman–Crippen LogP) is 0.766. The Bertz CT molecular complexity index is 988. The molecule has 0 aliphatic carbocycles. The van der Waals surface area contributed by atoms with Crippen LogP contribution in [0.2, 0.25) is 0 Å². The molecule has 0 radical (unpaired) electrons. The SMILES string of the molecule is O=[N+]([O-])c1ccccc1S(=O)(=O)Nc1cc(-n2cncn2)ncn1. The summed E-state index contributed by atoms with van der Waals surface area (Å²) in [4.78, 5) is 21.3. The molecule has 1 N–H and O–H groups in total. The fourth-order valence-electron chi connectivity index (χ4n) is 1.88. The molecule has 12 heteroatoms. The van der Waals surface area contributed by atoms with E-state index in [2.05, 4.69) is 24.8 Å². The van der Waals surface area contributed by atoms with E-state index >= 15 is 0 Å². The van der Waals surface area contributed by atoms with Gasteiger partial charge in [-0.3, -0.25) is 14.8 Å². The smallest absolute Gasteiger partial charge is 0.263 e. The molecule has 0 bridgehead atoms. The minimum atomic E-state index is -4.20. The highest BCUT2D eigenvalue weighted by Crippen LogP contribution is 2.24. The van der Waals surface area contributed by atoms with Crippen molar-refractivity contribution in [3.63, 3.8) is 0 Å². The first kappa shape index (κ1) is 15.5. The zero-order chi connectivity index (χ0) is 17.2. The topological polar surface area (TPSA) is 146 Å². The molecular formula is C12H9N7O4S. The summed E-state index contributed by atoms with van der Waals surface area (Å²) in [6, 6.07) is 6.34. The number of benzene rings is 1. The molecule has 0 atom stereocenters. The Kier molecular flexibility index (Phi) is 3.87. The second-order valence-corrected chi connectivity index (χ2v) is 6.08. The van der Waals surface area contributed by atoms with E-state index in [0.29, 0.717) is 0 Å². The van der Waals surface area contributed by atoms with Crippen LogP contribution in [0.15, 0.2) is 54.2 Å². The van der Waals surface area contributed by atoms with Gasteiger partial charge < -0.3 is 0 Å². The average Bonchev–Trinajstić information content (AvgIpc) is 3.09. The van der Waals surface area contributed by atoms with Gasteiger partial charge in [0.2, 0.25) is 0 Å². The van der Waals surface area contributed by atoms with Crippen LogP contribution in [-0.2, 0) is 10.0 Å². The largest absolute Gasteiger partial charge is 0.289 e. The average molecular weight is 347 g/mol. The Morgan fingerprint density at radius 2 is 1.96 bits per heavy atom. The number of sulfonamides is 1. The molecule has 1 aromatic carbocycles. The third-order valence-corrected chi connectivity index (χ3v) is 4.30. The normalized spacial score (nSPS) is 11.2. The van der Waals surface area contributed by atoms with Crippen molar-refractivity contribution in [1.82, 2.24) is 24.7 Å². The minimum absolute atomic E-state index is 0.0614. The highest BCUT2D eigenvalue weighted by molar-refractivity contribution is 7.92. The lowest BCUT2D eigenvalue weighted by Gasteiger charge is -2.08. The number of nitrogens with zero attached hydrogens (tertiary/aromatic N) is 6. The third-order valence-electron chi connectivity index (χ3n) is 2.90. The lowest BCUT2D eigenvalue weighted by atomic mass is 10.3. The Morgan fingerprint density at radius 1 is 1.17 bits per heavy atom. The molecule has 0 spiro atoms. The molecule has 2 aromatic heterocycles. The van der Waals surface area contributed by atoms with E-state index in [4.69, 9.17) is 0 Å². The third kappa shape index (κ3) is 3.03. The van der Waals surface area contributed by atoms with E-state index in [-0.39, 0.29) is 11.6 Å². The van der Waals surface area contributed by atoms with Gasteiger partial charge >= 0.3 is 0 Å². The minimum Gasteiger partial charge on any atom is -0.263 e. The van der Waals surface area contributed by atoms with Crippen LogP contribution >= 0.6 is 0 Å². The Balaban J connectivity index is 1.96. The Labute approximate surface area is 135 Å². The van der Waals surface area contributed by atoms with Crippen LogP contribution < -0.4 is 4.72 Å². The fourth-order valence-corrected chi connectivity index (χ4v) is 3.06. The molecule has 2 heterocycles. The van der Waals surface area contributed by atoms with Gasteiger partial charge in [-0.05, 0) is 6.07 Å². The predicted molar refractivity (Wildman–Crippen MR) is 80.9 cm³/mol. The molecule has 0 saturated heterocycles. The maximum atomic E-state index is 12.4. The van der Waals surface area contributed by atoms with Gasteiger partial charge in [-0.2, -0.15) is 5.10 Å². The molecule has 0 amide bonds. The summed E-state index contributed by atoms with van der Waals surface area (Å²) >= 11 is 0. The van der Waals surface area contributed by atoms with Crippen molar-refractivity contribution in [1.29, 1.82) is 0 Å². The number of rotatable bonds is 5. The summed E-state index contributed by atoms with van der Waals surface area (Å²) in [5, 5.41) is 14.9. The van der Waals surface area contributed by atoms with Crippen molar-refractivity contribution in [2.75, 3.05) is 4.72 Å². The summed E-state index contributed by atoms with van der Waals surface area (Å²) in [5.74, 6) is 0.219. The van der Waals surface area contributed by atoms with Crippen molar-refractivity contribution in [2.45, 2.75) is 4.90 Å². The number of nitro groups is 1. The van der Waals surface area contributed by atoms with E-state index < -0.39 is 25.5 Å². The summed E-state index contributed by atoms with van der Waals surface area (Å²) < 4.78 is 28.3. The first-order valence-corrected chi connectivity index (χ1v) is 7.89. The zero-order valence-electron chi connectivity index (χ0n) is 11.8. The van der Waals surface area contributed by atoms with Gasteiger partial charge in [-0.15, -0.1) is 0 Å². The van der Waals surface area contributed by atoms with Gasteiger partial charge in [0, 0.05) is 12.1 Å². The number of nitrogens with one attached hydrogen (secondary N) is 1. The molecule has 0 aliphatic rings. The van der Waals surface area contributed by atoms with Gasteiger partial charge in [0.05, 0.1) is 4.92 Å². The molecule has 0 aliphatic heterocycles. The quantitative estimate of drug-likeness (QED) is 0.526. The van der Waals surface area contributed by atoms with Gasteiger partial charge in [0.15, 0.2) is 10.7 Å². The molecule has 122 valence electrons. The number of nitro benzene ring substituents is 1. The standard InChI is InChI=1S/C12H9N7O4S/c20-19(21)9-3-1-2-4-10(9)24(22,23)17-11-5-12(15-7-14-11)18-8-13-6-16-18/h1-8H,(H,14,15,17). The van der Waals surface area contributed by atoms with Gasteiger partial charge in [0.1, 0.15) is 24.8 Å². The van der Waals surface area contributed by atoms with Gasteiger partial charge in [-0.25, -0.2) is 28.1 Å². The van der Waals surface area contributed by atoms with Crippen LogP contribution in [0.1, 0.15) is 0 Å². The molecule has 0 unspecified atom stereocenters. The van der Waals surface area contributed by atoms with E-state index in [1.54, 1.807) is 0 Å². The number of para-hydroxylation sites is 1. The van der Waals surface area contributed by atoms with E-state index in [1.807, 2.05) is 0 Å².